The number of allylic oxidation sites excluding steroid dienone is 2. The van der Waals surface area contributed by atoms with Crippen molar-refractivity contribution >= 4 is 5.97 Å². The summed E-state index contributed by atoms with van der Waals surface area (Å²) in [4.78, 5) is 10.4. The number of carboxylic acid groups (broad SMARTS) is 1. The van der Waals surface area contributed by atoms with E-state index in [4.69, 9.17) is 5.11 Å². The highest BCUT2D eigenvalue weighted by Gasteiger charge is 2.40. The molecular formula is C20H33FO5. The summed E-state index contributed by atoms with van der Waals surface area (Å²) in [5.41, 5.74) is 0. The molecule has 6 atom stereocenters. The molecule has 0 amide bonds. The van der Waals surface area contributed by atoms with Crippen LogP contribution in [-0.2, 0) is 4.79 Å². The van der Waals surface area contributed by atoms with Crippen molar-refractivity contribution in [3.05, 3.63) is 24.3 Å². The average molecular weight is 372 g/mol. The maximum Gasteiger partial charge on any atom is 0.303 e. The fourth-order valence-electron chi connectivity index (χ4n) is 3.38. The van der Waals surface area contributed by atoms with Crippen LogP contribution < -0.4 is 0 Å². The second-order valence-electron chi connectivity index (χ2n) is 7.29. The zero-order valence-electron chi connectivity index (χ0n) is 15.5. The summed E-state index contributed by atoms with van der Waals surface area (Å²) in [6, 6.07) is 0. The van der Waals surface area contributed by atoms with Crippen LogP contribution in [0.1, 0.15) is 58.3 Å². The van der Waals surface area contributed by atoms with E-state index in [0.29, 0.717) is 38.5 Å². The molecule has 0 aromatic heterocycles. The summed E-state index contributed by atoms with van der Waals surface area (Å²) in [6.45, 7) is 1.71. The third-order valence-corrected chi connectivity index (χ3v) is 4.88. The molecule has 1 rings (SSSR count). The highest BCUT2D eigenvalue weighted by atomic mass is 19.1. The number of unbranched alkanes of at least 4 members (excludes halogenated alkanes) is 1. The number of halogens is 1. The molecule has 4 N–H and O–H groups in total. The first-order valence-electron chi connectivity index (χ1n) is 9.54. The Bertz CT molecular complexity index is 463. The van der Waals surface area contributed by atoms with Crippen molar-refractivity contribution in [3.63, 3.8) is 0 Å². The summed E-state index contributed by atoms with van der Waals surface area (Å²) >= 11 is 0. The van der Waals surface area contributed by atoms with Crippen molar-refractivity contribution in [3.8, 4) is 0 Å². The van der Waals surface area contributed by atoms with Crippen LogP contribution in [0.4, 0.5) is 4.39 Å². The minimum Gasteiger partial charge on any atom is -0.481 e. The fraction of sp³-hybridized carbons (Fsp3) is 0.750. The fourth-order valence-corrected chi connectivity index (χ4v) is 3.38. The Kier molecular flexibility index (Phi) is 10.7. The maximum atomic E-state index is 14.2. The van der Waals surface area contributed by atoms with Crippen LogP contribution in [-0.4, -0.2) is 50.9 Å². The number of aliphatic carboxylic acids is 1. The number of carbonyl (C=O) groups is 1. The molecule has 150 valence electrons. The zero-order valence-corrected chi connectivity index (χ0v) is 15.5. The van der Waals surface area contributed by atoms with Crippen LogP contribution in [0, 0.1) is 11.8 Å². The third kappa shape index (κ3) is 8.92. The van der Waals surface area contributed by atoms with Gasteiger partial charge in [-0.1, -0.05) is 24.3 Å². The van der Waals surface area contributed by atoms with Gasteiger partial charge >= 0.3 is 5.97 Å². The molecule has 0 bridgehead atoms. The summed E-state index contributed by atoms with van der Waals surface area (Å²) in [6.07, 6.45) is 7.93. The van der Waals surface area contributed by atoms with Gasteiger partial charge in [0.1, 0.15) is 6.17 Å². The van der Waals surface area contributed by atoms with E-state index in [9.17, 15) is 24.5 Å². The molecular weight excluding hydrogens is 339 g/mol. The number of hydrogen-bond donors (Lipinski definition) is 4. The molecule has 26 heavy (non-hydrogen) atoms. The van der Waals surface area contributed by atoms with E-state index in [1.807, 2.05) is 12.2 Å². The largest absolute Gasteiger partial charge is 0.481 e. The lowest BCUT2D eigenvalue weighted by Gasteiger charge is -2.19. The normalized spacial score (nSPS) is 28.8. The van der Waals surface area contributed by atoms with Crippen molar-refractivity contribution < 1.29 is 29.6 Å². The minimum absolute atomic E-state index is 0.102. The summed E-state index contributed by atoms with van der Waals surface area (Å²) in [5, 5.41) is 37.9. The lowest BCUT2D eigenvalue weighted by atomic mass is 9.90. The first-order chi connectivity index (χ1) is 12.3. The Balaban J connectivity index is 2.46. The molecule has 0 spiro atoms. The van der Waals surface area contributed by atoms with Gasteiger partial charge in [0, 0.05) is 24.7 Å². The molecule has 1 aliphatic carbocycles. The van der Waals surface area contributed by atoms with Crippen LogP contribution in [0.15, 0.2) is 24.3 Å². The zero-order chi connectivity index (χ0) is 19.5. The average Bonchev–Trinajstić information content (AvgIpc) is 2.81. The highest BCUT2D eigenvalue weighted by Crippen LogP contribution is 2.38. The molecule has 1 aliphatic rings. The van der Waals surface area contributed by atoms with Crippen molar-refractivity contribution in [2.75, 3.05) is 0 Å². The van der Waals surface area contributed by atoms with Crippen molar-refractivity contribution in [1.29, 1.82) is 0 Å². The number of hydrogen-bond acceptors (Lipinski definition) is 4. The van der Waals surface area contributed by atoms with Gasteiger partial charge in [0.25, 0.3) is 0 Å². The molecule has 1 saturated carbocycles. The van der Waals surface area contributed by atoms with Crippen LogP contribution in [0.3, 0.4) is 0 Å². The quantitative estimate of drug-likeness (QED) is 0.312. The highest BCUT2D eigenvalue weighted by molar-refractivity contribution is 5.66. The number of aliphatic hydroxyl groups excluding tert-OH is 3. The van der Waals surface area contributed by atoms with E-state index in [2.05, 4.69) is 0 Å². The van der Waals surface area contributed by atoms with Crippen molar-refractivity contribution in [2.24, 2.45) is 11.8 Å². The molecule has 5 nitrogen and oxygen atoms in total. The van der Waals surface area contributed by atoms with Crippen molar-refractivity contribution in [1.82, 2.24) is 0 Å². The lowest BCUT2D eigenvalue weighted by molar-refractivity contribution is -0.137. The number of carboxylic acids is 1. The molecule has 0 radical (unpaired) electrons. The number of alkyl halides is 1. The Hall–Kier alpha value is -1.24. The number of aliphatic hydroxyl groups is 3. The van der Waals surface area contributed by atoms with Gasteiger partial charge in [-0.25, -0.2) is 4.39 Å². The third-order valence-electron chi connectivity index (χ3n) is 4.88. The monoisotopic (exact) mass is 372 g/mol. The summed E-state index contributed by atoms with van der Waals surface area (Å²) in [7, 11) is 0. The van der Waals surface area contributed by atoms with E-state index >= 15 is 0 Å². The van der Waals surface area contributed by atoms with Crippen molar-refractivity contribution in [2.45, 2.75) is 82.8 Å². The van der Waals surface area contributed by atoms with Crippen LogP contribution in [0.5, 0.6) is 0 Å². The standard InChI is InChI=1S/C20H33FO5/c1-14(22)7-6-8-15(23)11-12-17-16(18(21)13-19(17)24)9-4-2-3-5-10-20(25)26/h2,4,11-12,14-19,22-24H,3,5-10,13H2,1H3,(H,25,26)/t14-,15?,16-,17-,18-,19-/m1/s1. The van der Waals surface area contributed by atoms with Crippen LogP contribution in [0.25, 0.3) is 0 Å². The lowest BCUT2D eigenvalue weighted by Crippen LogP contribution is -2.19. The van der Waals surface area contributed by atoms with Gasteiger partial charge in [-0.2, -0.15) is 0 Å². The topological polar surface area (TPSA) is 98.0 Å². The molecule has 0 aromatic rings. The molecule has 0 saturated heterocycles. The molecule has 1 fully saturated rings. The van der Waals surface area contributed by atoms with E-state index in [0.717, 1.165) is 0 Å². The van der Waals surface area contributed by atoms with E-state index in [1.165, 1.54) is 0 Å². The Morgan fingerprint density at radius 2 is 1.96 bits per heavy atom. The van der Waals surface area contributed by atoms with E-state index < -0.39 is 24.3 Å². The van der Waals surface area contributed by atoms with Gasteiger partial charge in [0.15, 0.2) is 0 Å². The Labute approximate surface area is 155 Å². The molecule has 0 heterocycles. The predicted octanol–water partition coefficient (Wildman–Crippen LogP) is 2.99. The molecule has 1 unspecified atom stereocenters. The Morgan fingerprint density at radius 3 is 2.62 bits per heavy atom. The predicted molar refractivity (Wildman–Crippen MR) is 98.4 cm³/mol. The second-order valence-corrected chi connectivity index (χ2v) is 7.29. The Morgan fingerprint density at radius 1 is 1.23 bits per heavy atom. The maximum absolute atomic E-state index is 14.2. The van der Waals surface area contributed by atoms with E-state index in [1.54, 1.807) is 19.1 Å². The van der Waals surface area contributed by atoms with Gasteiger partial charge in [-0.3, -0.25) is 4.79 Å². The second kappa shape index (κ2) is 12.2. The van der Waals surface area contributed by atoms with Gasteiger partial charge < -0.3 is 20.4 Å². The SMILES string of the molecule is C[C@@H](O)CCCC(O)C=C[C@@H]1[C@@H](CC=CCCCC(=O)O)[C@H](F)C[C@H]1O. The molecule has 0 aromatic carbocycles. The van der Waals surface area contributed by atoms with Gasteiger partial charge in [0.2, 0.25) is 0 Å². The smallest absolute Gasteiger partial charge is 0.303 e. The van der Waals surface area contributed by atoms with Gasteiger partial charge in [0.05, 0.1) is 18.3 Å². The first-order valence-corrected chi connectivity index (χ1v) is 9.54. The minimum atomic E-state index is -1.09. The first kappa shape index (κ1) is 22.8. The number of rotatable bonds is 12. The summed E-state index contributed by atoms with van der Waals surface area (Å²) < 4.78 is 14.2. The molecule has 0 aliphatic heterocycles. The summed E-state index contributed by atoms with van der Waals surface area (Å²) in [5.74, 6) is -1.49. The van der Waals surface area contributed by atoms with Gasteiger partial charge in [-0.05, 0) is 45.4 Å². The molecule has 6 heteroatoms. The van der Waals surface area contributed by atoms with E-state index in [-0.39, 0.29) is 30.8 Å². The van der Waals surface area contributed by atoms with Crippen LogP contribution >= 0.6 is 0 Å². The van der Waals surface area contributed by atoms with Crippen LogP contribution in [0.2, 0.25) is 0 Å². The van der Waals surface area contributed by atoms with Gasteiger partial charge in [-0.15, -0.1) is 0 Å².